The largest absolute Gasteiger partial charge is 0.378 e. The lowest BCUT2D eigenvalue weighted by molar-refractivity contribution is -0.132. The number of ether oxygens (including phenoxy) is 1. The number of likely N-dealkylation sites (N-methyl/N-ethyl adjacent to an activating group) is 1. The summed E-state index contributed by atoms with van der Waals surface area (Å²) in [6.45, 7) is 3.39. The number of hydrogen-bond donors (Lipinski definition) is 1. The Morgan fingerprint density at radius 3 is 2.65 bits per heavy atom. The Labute approximate surface area is 134 Å². The van der Waals surface area contributed by atoms with Crippen molar-refractivity contribution in [3.05, 3.63) is 18.0 Å². The summed E-state index contributed by atoms with van der Waals surface area (Å²) in [5.74, 6) is 0.535. The molecule has 1 aromatic heterocycles. The zero-order chi connectivity index (χ0) is 16.2. The van der Waals surface area contributed by atoms with Crippen molar-refractivity contribution >= 4 is 17.8 Å². The first kappa shape index (κ1) is 15.7. The summed E-state index contributed by atoms with van der Waals surface area (Å²) in [6.07, 6.45) is 4.23. The van der Waals surface area contributed by atoms with E-state index in [1.807, 2.05) is 4.90 Å². The number of hydrogen-bond acceptors (Lipinski definition) is 6. The number of morpholine rings is 1. The summed E-state index contributed by atoms with van der Waals surface area (Å²) in [7, 11) is 1.75. The van der Waals surface area contributed by atoms with E-state index in [1.54, 1.807) is 24.3 Å². The first-order valence-corrected chi connectivity index (χ1v) is 7.83. The molecule has 3 heterocycles. The molecule has 2 aliphatic rings. The van der Waals surface area contributed by atoms with Crippen molar-refractivity contribution in [3.8, 4) is 0 Å². The lowest BCUT2D eigenvalue weighted by Crippen LogP contribution is -2.48. The molecule has 0 aromatic carbocycles. The van der Waals surface area contributed by atoms with E-state index in [0.29, 0.717) is 44.1 Å². The van der Waals surface area contributed by atoms with Gasteiger partial charge in [-0.2, -0.15) is 0 Å². The number of carbonyl (C=O) groups excluding carboxylic acids is 2. The van der Waals surface area contributed by atoms with E-state index in [2.05, 4.69) is 15.3 Å². The van der Waals surface area contributed by atoms with E-state index in [1.165, 1.54) is 0 Å². The molecule has 3 rings (SSSR count). The highest BCUT2D eigenvalue weighted by molar-refractivity contribution is 5.94. The lowest BCUT2D eigenvalue weighted by atomic mass is 10.1. The fraction of sp³-hybridized carbons (Fsp3) is 0.600. The average Bonchev–Trinajstić information content (AvgIpc) is 2.59. The molecule has 0 radical (unpaired) electrons. The second-order valence-electron chi connectivity index (χ2n) is 5.85. The number of amides is 2. The maximum absolute atomic E-state index is 12.3. The molecule has 2 aliphatic heterocycles. The summed E-state index contributed by atoms with van der Waals surface area (Å²) < 4.78 is 5.29. The van der Waals surface area contributed by atoms with Gasteiger partial charge in [-0.25, -0.2) is 9.97 Å². The van der Waals surface area contributed by atoms with Crippen LogP contribution in [0.5, 0.6) is 0 Å². The molecular weight excluding hydrogens is 298 g/mol. The number of carbonyl (C=O) groups is 2. The second kappa shape index (κ2) is 6.91. The number of aromatic nitrogens is 2. The Kier molecular flexibility index (Phi) is 4.71. The van der Waals surface area contributed by atoms with Gasteiger partial charge >= 0.3 is 0 Å². The minimum absolute atomic E-state index is 0.0240. The molecule has 2 fully saturated rings. The van der Waals surface area contributed by atoms with Crippen LogP contribution in [0.2, 0.25) is 0 Å². The van der Waals surface area contributed by atoms with Crippen molar-refractivity contribution in [2.45, 2.75) is 18.9 Å². The number of anilines is 1. The van der Waals surface area contributed by atoms with Gasteiger partial charge in [0, 0.05) is 51.5 Å². The summed E-state index contributed by atoms with van der Waals surface area (Å²) >= 11 is 0. The van der Waals surface area contributed by atoms with Crippen LogP contribution in [0.15, 0.2) is 12.4 Å². The molecule has 1 N–H and O–H groups in total. The molecule has 23 heavy (non-hydrogen) atoms. The molecule has 0 bridgehead atoms. The molecule has 0 unspecified atom stereocenters. The zero-order valence-electron chi connectivity index (χ0n) is 13.2. The van der Waals surface area contributed by atoms with Crippen LogP contribution in [0.4, 0.5) is 5.95 Å². The average molecular weight is 319 g/mol. The molecule has 0 spiro atoms. The number of likely N-dealkylation sites (tertiary alicyclic amines) is 1. The Morgan fingerprint density at radius 2 is 2.00 bits per heavy atom. The quantitative estimate of drug-likeness (QED) is 0.820. The van der Waals surface area contributed by atoms with Crippen LogP contribution in [-0.2, 0) is 9.53 Å². The Hall–Kier alpha value is -2.22. The third-order valence-electron chi connectivity index (χ3n) is 4.16. The molecule has 8 nitrogen and oxygen atoms in total. The van der Waals surface area contributed by atoms with Crippen LogP contribution in [0.25, 0.3) is 0 Å². The molecule has 1 atom stereocenters. The predicted molar refractivity (Wildman–Crippen MR) is 83.2 cm³/mol. The van der Waals surface area contributed by atoms with Gasteiger partial charge in [0.2, 0.25) is 11.9 Å². The third kappa shape index (κ3) is 3.76. The molecule has 2 saturated heterocycles. The van der Waals surface area contributed by atoms with Crippen molar-refractivity contribution in [2.24, 2.45) is 0 Å². The maximum Gasteiger partial charge on any atom is 0.254 e. The van der Waals surface area contributed by atoms with E-state index in [9.17, 15) is 9.59 Å². The Balaban J connectivity index is 1.58. The molecule has 0 saturated carbocycles. The number of nitrogens with one attached hydrogen (secondary N) is 1. The monoisotopic (exact) mass is 319 g/mol. The van der Waals surface area contributed by atoms with Crippen LogP contribution >= 0.6 is 0 Å². The van der Waals surface area contributed by atoms with Gasteiger partial charge in [0.05, 0.1) is 18.8 Å². The van der Waals surface area contributed by atoms with Crippen molar-refractivity contribution in [1.29, 1.82) is 0 Å². The van der Waals surface area contributed by atoms with E-state index >= 15 is 0 Å². The Morgan fingerprint density at radius 1 is 1.30 bits per heavy atom. The van der Waals surface area contributed by atoms with E-state index in [4.69, 9.17) is 4.74 Å². The van der Waals surface area contributed by atoms with Crippen LogP contribution < -0.4 is 10.2 Å². The summed E-state index contributed by atoms with van der Waals surface area (Å²) in [4.78, 5) is 36.0. The fourth-order valence-electron chi connectivity index (χ4n) is 2.76. The zero-order valence-corrected chi connectivity index (χ0v) is 13.2. The van der Waals surface area contributed by atoms with Crippen LogP contribution in [-0.4, -0.2) is 72.6 Å². The minimum Gasteiger partial charge on any atom is -0.378 e. The molecule has 1 aromatic rings. The minimum atomic E-state index is -0.203. The summed E-state index contributed by atoms with van der Waals surface area (Å²) in [5, 5.41) is 2.94. The fourth-order valence-corrected chi connectivity index (χ4v) is 2.76. The van der Waals surface area contributed by atoms with Gasteiger partial charge in [0.25, 0.3) is 5.91 Å². The van der Waals surface area contributed by atoms with Crippen molar-refractivity contribution < 1.29 is 14.3 Å². The smallest absolute Gasteiger partial charge is 0.254 e. The van der Waals surface area contributed by atoms with Gasteiger partial charge in [-0.15, -0.1) is 0 Å². The van der Waals surface area contributed by atoms with Crippen molar-refractivity contribution in [2.75, 3.05) is 44.8 Å². The molecular formula is C15H21N5O3. The van der Waals surface area contributed by atoms with Crippen molar-refractivity contribution in [3.63, 3.8) is 0 Å². The highest BCUT2D eigenvalue weighted by atomic mass is 16.5. The highest BCUT2D eigenvalue weighted by Crippen LogP contribution is 2.12. The van der Waals surface area contributed by atoms with E-state index < -0.39 is 0 Å². The third-order valence-corrected chi connectivity index (χ3v) is 4.16. The SMILES string of the molecule is CN1C[C@@H](NC(=O)c2cnc(N3CCOCC3)nc2)CCC1=O. The standard InChI is InChI=1S/C15H21N5O3/c1-19-10-12(2-3-13(19)21)18-14(22)11-8-16-15(17-9-11)20-4-6-23-7-5-20/h8-9,12H,2-7,10H2,1H3,(H,18,22)/t12-/m0/s1. The first-order chi connectivity index (χ1) is 11.1. The van der Waals surface area contributed by atoms with Gasteiger partial charge in [0.15, 0.2) is 0 Å². The summed E-state index contributed by atoms with van der Waals surface area (Å²) in [5.41, 5.74) is 0.432. The number of nitrogens with zero attached hydrogens (tertiary/aromatic N) is 4. The van der Waals surface area contributed by atoms with Gasteiger partial charge in [0.1, 0.15) is 0 Å². The molecule has 2 amide bonds. The second-order valence-corrected chi connectivity index (χ2v) is 5.85. The Bertz CT molecular complexity index is 571. The maximum atomic E-state index is 12.3. The predicted octanol–water partition coefficient (Wildman–Crippen LogP) is -0.336. The molecule has 8 heteroatoms. The van der Waals surface area contributed by atoms with Crippen LogP contribution in [0.1, 0.15) is 23.2 Å². The lowest BCUT2D eigenvalue weighted by Gasteiger charge is -2.30. The van der Waals surface area contributed by atoms with E-state index in [0.717, 1.165) is 13.1 Å². The van der Waals surface area contributed by atoms with Crippen LogP contribution in [0, 0.1) is 0 Å². The van der Waals surface area contributed by atoms with Crippen molar-refractivity contribution in [1.82, 2.24) is 20.2 Å². The van der Waals surface area contributed by atoms with Gasteiger partial charge < -0.3 is 19.9 Å². The normalized spacial score (nSPS) is 22.1. The molecule has 124 valence electrons. The van der Waals surface area contributed by atoms with E-state index in [-0.39, 0.29) is 17.9 Å². The van der Waals surface area contributed by atoms with Gasteiger partial charge in [-0.3, -0.25) is 9.59 Å². The van der Waals surface area contributed by atoms with Crippen LogP contribution in [0.3, 0.4) is 0 Å². The number of rotatable bonds is 3. The summed E-state index contributed by atoms with van der Waals surface area (Å²) in [6, 6.07) is -0.0240. The van der Waals surface area contributed by atoms with Gasteiger partial charge in [-0.05, 0) is 6.42 Å². The topological polar surface area (TPSA) is 87.7 Å². The van der Waals surface area contributed by atoms with Gasteiger partial charge in [-0.1, -0.05) is 0 Å². The molecule has 0 aliphatic carbocycles. The highest BCUT2D eigenvalue weighted by Gasteiger charge is 2.24. The first-order valence-electron chi connectivity index (χ1n) is 7.83. The number of piperidine rings is 1.